The third-order valence-electron chi connectivity index (χ3n) is 8.51. The molecule has 4 heteroatoms. The zero-order valence-corrected chi connectivity index (χ0v) is 37.2. The molecule has 0 spiro atoms. The van der Waals surface area contributed by atoms with Gasteiger partial charge in [0, 0.05) is 48.3 Å². The summed E-state index contributed by atoms with van der Waals surface area (Å²) in [6.07, 6.45) is 29.2. The summed E-state index contributed by atoms with van der Waals surface area (Å²) in [5.74, 6) is 0. The largest absolute Gasteiger partial charge is 0.385 e. The van der Waals surface area contributed by atoms with E-state index in [-0.39, 0.29) is 81.7 Å². The van der Waals surface area contributed by atoms with Crippen LogP contribution in [-0.2, 0) is 18.9 Å². The summed E-state index contributed by atoms with van der Waals surface area (Å²) in [4.78, 5) is 0. The van der Waals surface area contributed by atoms with Gasteiger partial charge in [-0.1, -0.05) is 222 Å². The third-order valence-corrected chi connectivity index (χ3v) is 8.51. The molecule has 59 heavy (non-hydrogen) atoms. The second-order valence-corrected chi connectivity index (χ2v) is 14.0. The molecular formula is C55H144O4. The SMILES string of the molecule is C.C.C.C.C.C.C.C.C.C.C.CCC.CCCC(CCC)(CCC)CCCC(CCC)(CCC)CCC.CCCCCOC.CCCCOC.CCOC.COC(C)C. The minimum absolute atomic E-state index is 0. The standard InChI is InChI=1S/C23H48.C6H14O.C5H12O.C4H10O.C3H8O.C3H8.11CH4/c1-7-14-22(15-8-2,16-9-3)20-13-21-23(17-10-4,18-11-5)19-12-6;1-3-4-5-6-7-2;1-3-4-5-6-2;1-4(2)5-3;1-3-4-2;1-3-2;;;;;;;;;;;/h7-21H2,1-6H3;3-6H2,1-2H3;3-5H2,1-2H3;4H,1-3H3;3H2,1-2H3;3H2,1-2H3;11*1H4. The topological polar surface area (TPSA) is 36.9 Å². The number of hydrogen-bond acceptors (Lipinski definition) is 4. The fraction of sp³-hybridized carbons (Fsp3) is 1.00. The average molecular weight is 870 g/mol. The Balaban J connectivity index is -0.0000000276. The molecule has 0 atom stereocenters. The smallest absolute Gasteiger partial charge is 0.0515 e. The molecule has 0 aliphatic carbocycles. The summed E-state index contributed by atoms with van der Waals surface area (Å²) in [6.45, 7) is 31.5. The van der Waals surface area contributed by atoms with Gasteiger partial charge in [0.15, 0.2) is 0 Å². The number of methoxy groups -OCH3 is 4. The molecule has 0 aromatic rings. The Morgan fingerprint density at radius 3 is 0.678 bits per heavy atom. The van der Waals surface area contributed by atoms with Crippen LogP contribution in [-0.4, -0.2) is 54.4 Å². The second-order valence-electron chi connectivity index (χ2n) is 14.0. The Bertz CT molecular complexity index is 412. The lowest BCUT2D eigenvalue weighted by molar-refractivity contribution is 0.134. The summed E-state index contributed by atoms with van der Waals surface area (Å²) >= 11 is 0. The first-order valence-corrected chi connectivity index (χ1v) is 21.0. The van der Waals surface area contributed by atoms with Crippen molar-refractivity contribution < 1.29 is 18.9 Å². The quantitative estimate of drug-likeness (QED) is 0.0857. The molecule has 0 saturated heterocycles. The Labute approximate surface area is 389 Å². The van der Waals surface area contributed by atoms with Gasteiger partial charge in [-0.2, -0.15) is 0 Å². The summed E-state index contributed by atoms with van der Waals surface area (Å²) in [7, 11) is 6.86. The monoisotopic (exact) mass is 869 g/mol. The molecule has 0 aliphatic heterocycles. The molecule has 388 valence electrons. The highest BCUT2D eigenvalue weighted by Crippen LogP contribution is 2.44. The Hall–Kier alpha value is -0.160. The molecule has 0 fully saturated rings. The molecule has 4 nitrogen and oxygen atoms in total. The van der Waals surface area contributed by atoms with Gasteiger partial charge in [0.1, 0.15) is 0 Å². The molecule has 0 aliphatic rings. The fourth-order valence-corrected chi connectivity index (χ4v) is 6.31. The fourth-order valence-electron chi connectivity index (χ4n) is 6.31. The zero-order valence-electron chi connectivity index (χ0n) is 37.2. The first-order valence-electron chi connectivity index (χ1n) is 21.0. The van der Waals surface area contributed by atoms with Crippen LogP contribution in [0, 0.1) is 10.8 Å². The maximum Gasteiger partial charge on any atom is 0.0515 e. The van der Waals surface area contributed by atoms with Crippen LogP contribution in [0.4, 0.5) is 0 Å². The van der Waals surface area contributed by atoms with Crippen LogP contribution in [0.15, 0.2) is 0 Å². The molecule has 0 aromatic carbocycles. The molecule has 0 rings (SSSR count). The van der Waals surface area contributed by atoms with Crippen molar-refractivity contribution >= 4 is 0 Å². The summed E-state index contributed by atoms with van der Waals surface area (Å²) in [5.41, 5.74) is 1.32. The number of hydrogen-bond donors (Lipinski definition) is 0. The highest BCUT2D eigenvalue weighted by molar-refractivity contribution is 4.83. The lowest BCUT2D eigenvalue weighted by atomic mass is 9.68. The highest BCUT2D eigenvalue weighted by Gasteiger charge is 2.31. The Kier molecular flexibility index (Phi) is 194. The van der Waals surface area contributed by atoms with Gasteiger partial charge in [0.2, 0.25) is 0 Å². The van der Waals surface area contributed by atoms with E-state index in [1.54, 1.807) is 28.4 Å². The van der Waals surface area contributed by atoms with E-state index in [9.17, 15) is 0 Å². The maximum atomic E-state index is 4.84. The van der Waals surface area contributed by atoms with E-state index >= 15 is 0 Å². The van der Waals surface area contributed by atoms with Gasteiger partial charge in [-0.15, -0.1) is 0 Å². The minimum Gasteiger partial charge on any atom is -0.385 e. The predicted molar refractivity (Wildman–Crippen MR) is 296 cm³/mol. The normalized spacial score (nSPS) is 8.64. The van der Waals surface area contributed by atoms with E-state index in [2.05, 4.69) is 74.0 Å². The van der Waals surface area contributed by atoms with Gasteiger partial charge in [-0.3, -0.25) is 0 Å². The van der Waals surface area contributed by atoms with E-state index in [0.29, 0.717) is 16.9 Å². The van der Waals surface area contributed by atoms with Gasteiger partial charge in [-0.25, -0.2) is 0 Å². The van der Waals surface area contributed by atoms with Gasteiger partial charge in [0.25, 0.3) is 0 Å². The lowest BCUT2D eigenvalue weighted by Crippen LogP contribution is -2.24. The van der Waals surface area contributed by atoms with Crippen molar-refractivity contribution in [1.82, 2.24) is 0 Å². The van der Waals surface area contributed by atoms with Crippen LogP contribution in [0.1, 0.15) is 307 Å². The van der Waals surface area contributed by atoms with E-state index in [0.717, 1.165) is 19.8 Å². The van der Waals surface area contributed by atoms with Gasteiger partial charge >= 0.3 is 0 Å². The summed E-state index contributed by atoms with van der Waals surface area (Å²) < 4.78 is 18.9. The molecule has 0 aromatic heterocycles. The van der Waals surface area contributed by atoms with Crippen molar-refractivity contribution in [3.63, 3.8) is 0 Å². The molecule has 0 unspecified atom stereocenters. The van der Waals surface area contributed by atoms with Crippen molar-refractivity contribution in [2.24, 2.45) is 10.8 Å². The summed E-state index contributed by atoms with van der Waals surface area (Å²) in [5, 5.41) is 0. The highest BCUT2D eigenvalue weighted by atomic mass is 16.5. The second kappa shape index (κ2) is 102. The van der Waals surface area contributed by atoms with Crippen molar-refractivity contribution in [3.8, 4) is 0 Å². The molecule has 0 saturated carbocycles. The van der Waals surface area contributed by atoms with Crippen molar-refractivity contribution in [2.45, 2.75) is 313 Å². The first-order chi connectivity index (χ1) is 23.0. The van der Waals surface area contributed by atoms with Crippen LogP contribution in [0.2, 0.25) is 0 Å². The Morgan fingerprint density at radius 2 is 0.542 bits per heavy atom. The van der Waals surface area contributed by atoms with Gasteiger partial charge < -0.3 is 18.9 Å². The first kappa shape index (κ1) is 112. The molecule has 0 amide bonds. The zero-order chi connectivity index (χ0) is 38.4. The number of unbranched alkanes of at least 4 members (excludes halogenated alkanes) is 3. The lowest BCUT2D eigenvalue weighted by Gasteiger charge is -2.38. The van der Waals surface area contributed by atoms with Gasteiger partial charge in [-0.05, 0) is 95.8 Å². The van der Waals surface area contributed by atoms with Gasteiger partial charge in [0.05, 0.1) is 6.10 Å². The van der Waals surface area contributed by atoms with Crippen LogP contribution in [0.25, 0.3) is 0 Å². The van der Waals surface area contributed by atoms with E-state index in [4.69, 9.17) is 14.2 Å². The van der Waals surface area contributed by atoms with Crippen molar-refractivity contribution in [2.75, 3.05) is 48.3 Å². The van der Waals surface area contributed by atoms with Crippen molar-refractivity contribution in [1.29, 1.82) is 0 Å². The van der Waals surface area contributed by atoms with E-state index in [1.165, 1.54) is 135 Å². The Morgan fingerprint density at radius 1 is 0.322 bits per heavy atom. The maximum absolute atomic E-state index is 4.84. The van der Waals surface area contributed by atoms with E-state index in [1.807, 2.05) is 20.8 Å². The van der Waals surface area contributed by atoms with Crippen LogP contribution >= 0.6 is 0 Å². The van der Waals surface area contributed by atoms with Crippen LogP contribution in [0.5, 0.6) is 0 Å². The number of rotatable bonds is 25. The molecule has 0 N–H and O–H groups in total. The van der Waals surface area contributed by atoms with Crippen molar-refractivity contribution in [3.05, 3.63) is 0 Å². The summed E-state index contributed by atoms with van der Waals surface area (Å²) in [6, 6.07) is 0. The van der Waals surface area contributed by atoms with E-state index < -0.39 is 0 Å². The van der Waals surface area contributed by atoms with Crippen LogP contribution < -0.4 is 0 Å². The number of ether oxygens (including phenoxy) is 4. The third kappa shape index (κ3) is 103. The van der Waals surface area contributed by atoms with Crippen LogP contribution in [0.3, 0.4) is 0 Å². The minimum atomic E-state index is 0. The predicted octanol–water partition coefficient (Wildman–Crippen LogP) is 22.3. The molecular weight excluding hydrogens is 725 g/mol. The molecule has 0 heterocycles. The average Bonchev–Trinajstić information content (AvgIpc) is 3.06. The molecule has 0 radical (unpaired) electrons. The molecule has 0 bridgehead atoms.